The Labute approximate surface area is 116 Å². The zero-order valence-corrected chi connectivity index (χ0v) is 11.5. The third-order valence-electron chi connectivity index (χ3n) is 3.40. The third-order valence-corrected chi connectivity index (χ3v) is 3.40. The first-order valence-corrected chi connectivity index (χ1v) is 6.40. The highest BCUT2D eigenvalue weighted by Gasteiger charge is 2.25. The standard InChI is InChI=1S/C14H17N3O3/c1-3-14(2,9-18)16-12(19)10-8-15-11-6-4-5-7-17(11)13(10)20/h4-8,18H,3,9H2,1-2H3,(H,16,19). The van der Waals surface area contributed by atoms with E-state index in [0.717, 1.165) is 0 Å². The Morgan fingerprint density at radius 3 is 2.90 bits per heavy atom. The first-order chi connectivity index (χ1) is 9.50. The Balaban J connectivity index is 2.41. The van der Waals surface area contributed by atoms with Gasteiger partial charge in [0.2, 0.25) is 0 Å². The average Bonchev–Trinajstić information content (AvgIpc) is 2.47. The highest BCUT2D eigenvalue weighted by Crippen LogP contribution is 2.08. The molecule has 0 aromatic carbocycles. The molecular formula is C14H17N3O3. The minimum Gasteiger partial charge on any atom is -0.394 e. The molecule has 1 unspecified atom stereocenters. The molecule has 0 aliphatic heterocycles. The van der Waals surface area contributed by atoms with Crippen molar-refractivity contribution >= 4 is 11.6 Å². The lowest BCUT2D eigenvalue weighted by atomic mass is 10.00. The van der Waals surface area contributed by atoms with Crippen molar-refractivity contribution in [3.63, 3.8) is 0 Å². The van der Waals surface area contributed by atoms with E-state index in [2.05, 4.69) is 10.3 Å². The highest BCUT2D eigenvalue weighted by molar-refractivity contribution is 5.94. The molecule has 0 saturated carbocycles. The lowest BCUT2D eigenvalue weighted by molar-refractivity contribution is 0.0845. The van der Waals surface area contributed by atoms with Crippen LogP contribution in [-0.2, 0) is 0 Å². The van der Waals surface area contributed by atoms with E-state index >= 15 is 0 Å². The molecule has 2 heterocycles. The number of aromatic nitrogens is 2. The fourth-order valence-electron chi connectivity index (χ4n) is 1.76. The second-order valence-corrected chi connectivity index (χ2v) is 4.93. The number of rotatable bonds is 4. The minimum atomic E-state index is -0.750. The first kappa shape index (κ1) is 14.2. The van der Waals surface area contributed by atoms with Crippen molar-refractivity contribution in [1.29, 1.82) is 0 Å². The Morgan fingerprint density at radius 2 is 2.25 bits per heavy atom. The molecule has 20 heavy (non-hydrogen) atoms. The number of pyridine rings is 1. The van der Waals surface area contributed by atoms with Gasteiger partial charge in [-0.15, -0.1) is 0 Å². The Bertz CT molecular complexity index is 689. The van der Waals surface area contributed by atoms with Crippen molar-refractivity contribution in [2.45, 2.75) is 25.8 Å². The van der Waals surface area contributed by atoms with Gasteiger partial charge in [-0.25, -0.2) is 4.98 Å². The summed E-state index contributed by atoms with van der Waals surface area (Å²) in [6, 6.07) is 5.15. The van der Waals surface area contributed by atoms with E-state index in [1.807, 2.05) is 6.92 Å². The van der Waals surface area contributed by atoms with E-state index in [9.17, 15) is 14.7 Å². The van der Waals surface area contributed by atoms with Crippen LogP contribution in [0, 0.1) is 0 Å². The summed E-state index contributed by atoms with van der Waals surface area (Å²) in [7, 11) is 0. The lowest BCUT2D eigenvalue weighted by Crippen LogP contribution is -2.49. The van der Waals surface area contributed by atoms with Crippen LogP contribution in [0.3, 0.4) is 0 Å². The molecule has 106 valence electrons. The molecular weight excluding hydrogens is 258 g/mol. The van der Waals surface area contributed by atoms with Crippen molar-refractivity contribution in [2.24, 2.45) is 0 Å². The number of aliphatic hydroxyl groups excluding tert-OH is 1. The van der Waals surface area contributed by atoms with E-state index in [4.69, 9.17) is 0 Å². The number of amides is 1. The summed E-state index contributed by atoms with van der Waals surface area (Å²) in [5.41, 5.74) is -0.736. The summed E-state index contributed by atoms with van der Waals surface area (Å²) in [4.78, 5) is 28.5. The van der Waals surface area contributed by atoms with Crippen LogP contribution < -0.4 is 10.9 Å². The molecule has 1 atom stereocenters. The van der Waals surface area contributed by atoms with Crippen molar-refractivity contribution < 1.29 is 9.90 Å². The number of nitrogens with zero attached hydrogens (tertiary/aromatic N) is 2. The summed E-state index contributed by atoms with van der Waals surface area (Å²) in [6.07, 6.45) is 3.38. The van der Waals surface area contributed by atoms with E-state index in [1.54, 1.807) is 31.3 Å². The van der Waals surface area contributed by atoms with Crippen LogP contribution in [0.25, 0.3) is 5.65 Å². The predicted octanol–water partition coefficient (Wildman–Crippen LogP) is 0.585. The third kappa shape index (κ3) is 2.55. The average molecular weight is 275 g/mol. The molecule has 2 rings (SSSR count). The number of fused-ring (bicyclic) bond motifs is 1. The Morgan fingerprint density at radius 1 is 1.50 bits per heavy atom. The number of aliphatic hydroxyl groups is 1. The zero-order chi connectivity index (χ0) is 14.8. The molecule has 2 aromatic heterocycles. The molecule has 0 saturated heterocycles. The summed E-state index contributed by atoms with van der Waals surface area (Å²) >= 11 is 0. The monoisotopic (exact) mass is 275 g/mol. The number of hydrogen-bond donors (Lipinski definition) is 2. The van der Waals surface area contributed by atoms with Crippen LogP contribution >= 0.6 is 0 Å². The van der Waals surface area contributed by atoms with Gasteiger partial charge in [-0.05, 0) is 25.5 Å². The van der Waals surface area contributed by atoms with Gasteiger partial charge in [0, 0.05) is 12.4 Å². The van der Waals surface area contributed by atoms with Crippen molar-refractivity contribution in [2.75, 3.05) is 6.61 Å². The van der Waals surface area contributed by atoms with Gasteiger partial charge in [0.25, 0.3) is 11.5 Å². The lowest BCUT2D eigenvalue weighted by Gasteiger charge is -2.26. The van der Waals surface area contributed by atoms with Gasteiger partial charge in [0.15, 0.2) is 0 Å². The van der Waals surface area contributed by atoms with Crippen LogP contribution in [0.1, 0.15) is 30.6 Å². The van der Waals surface area contributed by atoms with Crippen molar-refractivity contribution in [3.05, 3.63) is 46.5 Å². The summed E-state index contributed by atoms with van der Waals surface area (Å²) in [6.45, 7) is 3.37. The van der Waals surface area contributed by atoms with Crippen LogP contribution in [0.15, 0.2) is 35.4 Å². The molecule has 0 aliphatic carbocycles. The minimum absolute atomic E-state index is 0.0400. The molecule has 0 aliphatic rings. The van der Waals surface area contributed by atoms with Gasteiger partial charge in [-0.2, -0.15) is 0 Å². The van der Waals surface area contributed by atoms with Crippen LogP contribution in [0.5, 0.6) is 0 Å². The van der Waals surface area contributed by atoms with E-state index in [-0.39, 0.29) is 12.2 Å². The molecule has 6 nitrogen and oxygen atoms in total. The summed E-state index contributed by atoms with van der Waals surface area (Å²) in [5, 5.41) is 12.0. The van der Waals surface area contributed by atoms with E-state index < -0.39 is 17.0 Å². The number of carbonyl (C=O) groups excluding carboxylic acids is 1. The van der Waals surface area contributed by atoms with Gasteiger partial charge in [0.1, 0.15) is 11.2 Å². The van der Waals surface area contributed by atoms with Crippen LogP contribution in [0.4, 0.5) is 0 Å². The maximum absolute atomic E-state index is 12.2. The van der Waals surface area contributed by atoms with Crippen molar-refractivity contribution in [3.8, 4) is 0 Å². The molecule has 1 amide bonds. The van der Waals surface area contributed by atoms with Gasteiger partial charge >= 0.3 is 0 Å². The largest absolute Gasteiger partial charge is 0.394 e. The molecule has 2 aromatic rings. The summed E-state index contributed by atoms with van der Waals surface area (Å²) in [5.74, 6) is -0.529. The number of nitrogens with one attached hydrogen (secondary N) is 1. The maximum atomic E-state index is 12.2. The quantitative estimate of drug-likeness (QED) is 0.855. The summed E-state index contributed by atoms with van der Waals surface area (Å²) < 4.78 is 1.32. The van der Waals surface area contributed by atoms with Crippen LogP contribution in [0.2, 0.25) is 0 Å². The second kappa shape index (κ2) is 5.42. The molecule has 0 fully saturated rings. The number of hydrogen-bond acceptors (Lipinski definition) is 4. The molecule has 6 heteroatoms. The smallest absolute Gasteiger partial charge is 0.270 e. The van der Waals surface area contributed by atoms with E-state index in [1.165, 1.54) is 10.6 Å². The molecule has 0 spiro atoms. The second-order valence-electron chi connectivity index (χ2n) is 4.93. The van der Waals surface area contributed by atoms with E-state index in [0.29, 0.717) is 12.1 Å². The van der Waals surface area contributed by atoms with Gasteiger partial charge in [-0.3, -0.25) is 14.0 Å². The maximum Gasteiger partial charge on any atom is 0.270 e. The first-order valence-electron chi connectivity index (χ1n) is 6.40. The van der Waals surface area contributed by atoms with Gasteiger partial charge < -0.3 is 10.4 Å². The normalized spacial score (nSPS) is 13.9. The Kier molecular flexibility index (Phi) is 3.85. The topological polar surface area (TPSA) is 83.7 Å². The fraction of sp³-hybridized carbons (Fsp3) is 0.357. The molecule has 0 radical (unpaired) electrons. The molecule has 2 N–H and O–H groups in total. The van der Waals surface area contributed by atoms with Crippen molar-refractivity contribution in [1.82, 2.24) is 14.7 Å². The zero-order valence-electron chi connectivity index (χ0n) is 11.5. The predicted molar refractivity (Wildman–Crippen MR) is 74.7 cm³/mol. The highest BCUT2D eigenvalue weighted by atomic mass is 16.3. The van der Waals surface area contributed by atoms with Gasteiger partial charge in [-0.1, -0.05) is 13.0 Å². The van der Waals surface area contributed by atoms with Crippen LogP contribution in [-0.4, -0.2) is 32.5 Å². The SMILES string of the molecule is CCC(C)(CO)NC(=O)c1cnc2ccccn2c1=O. The Hall–Kier alpha value is -2.21. The fourth-order valence-corrected chi connectivity index (χ4v) is 1.76. The van der Waals surface area contributed by atoms with Gasteiger partial charge in [0.05, 0.1) is 12.1 Å². The molecule has 0 bridgehead atoms. The number of carbonyl (C=O) groups is 1.